The number of anilines is 2. The van der Waals surface area contributed by atoms with Crippen LogP contribution in [0.1, 0.15) is 22.3 Å². The Morgan fingerprint density at radius 3 is 2.26 bits per heavy atom. The molecule has 0 aromatic heterocycles. The number of halogens is 3. The quantitative estimate of drug-likeness (QED) is 0.460. The smallest absolute Gasteiger partial charge is 0.416 e. The van der Waals surface area contributed by atoms with Gasteiger partial charge in [-0.05, 0) is 86.0 Å². The summed E-state index contributed by atoms with van der Waals surface area (Å²) in [5.74, 6) is -0.392. The standard InChI is InChI=1S/C24H23F3N2O4S/c1-15-7-8-20(11-16(15)2)29-34(31,32)21-9-10-22(17(3)12-21)33-14-23(30)28-19-6-4-5-18(13-19)24(25,26)27/h4-13,29H,14H2,1-3H3,(H,28,30). The molecule has 3 aromatic rings. The van der Waals surface area contributed by atoms with E-state index in [1.54, 1.807) is 19.1 Å². The zero-order valence-electron chi connectivity index (χ0n) is 18.7. The Morgan fingerprint density at radius 1 is 0.882 bits per heavy atom. The van der Waals surface area contributed by atoms with Gasteiger partial charge in [-0.3, -0.25) is 9.52 Å². The van der Waals surface area contributed by atoms with Gasteiger partial charge in [-0.2, -0.15) is 13.2 Å². The van der Waals surface area contributed by atoms with Gasteiger partial charge >= 0.3 is 6.18 Å². The van der Waals surface area contributed by atoms with Crippen molar-refractivity contribution >= 4 is 27.3 Å². The molecule has 3 aromatic carbocycles. The normalized spacial score (nSPS) is 11.7. The molecule has 180 valence electrons. The fraction of sp³-hybridized carbons (Fsp3) is 0.208. The van der Waals surface area contributed by atoms with Gasteiger partial charge in [0.05, 0.1) is 10.5 Å². The number of alkyl halides is 3. The summed E-state index contributed by atoms with van der Waals surface area (Å²) in [7, 11) is -3.85. The van der Waals surface area contributed by atoms with E-state index in [0.717, 1.165) is 23.3 Å². The first-order valence-electron chi connectivity index (χ1n) is 10.2. The molecule has 0 aliphatic rings. The Labute approximate surface area is 195 Å². The van der Waals surface area contributed by atoms with Gasteiger partial charge in [-0.25, -0.2) is 8.42 Å². The molecule has 0 unspecified atom stereocenters. The van der Waals surface area contributed by atoms with E-state index in [1.165, 1.54) is 30.3 Å². The van der Waals surface area contributed by atoms with Crippen LogP contribution in [0.3, 0.4) is 0 Å². The molecule has 0 atom stereocenters. The van der Waals surface area contributed by atoms with Crippen molar-refractivity contribution in [1.82, 2.24) is 0 Å². The first-order chi connectivity index (χ1) is 15.8. The Balaban J connectivity index is 1.65. The summed E-state index contributed by atoms with van der Waals surface area (Å²) in [5.41, 5.74) is 2.00. The molecule has 0 aliphatic carbocycles. The van der Waals surface area contributed by atoms with Crippen molar-refractivity contribution in [3.05, 3.63) is 82.9 Å². The average molecular weight is 493 g/mol. The van der Waals surface area contributed by atoms with Crippen molar-refractivity contribution in [2.75, 3.05) is 16.6 Å². The monoisotopic (exact) mass is 492 g/mol. The van der Waals surface area contributed by atoms with Crippen molar-refractivity contribution in [1.29, 1.82) is 0 Å². The van der Waals surface area contributed by atoms with E-state index < -0.39 is 34.3 Å². The van der Waals surface area contributed by atoms with E-state index in [4.69, 9.17) is 4.74 Å². The van der Waals surface area contributed by atoms with Gasteiger partial charge < -0.3 is 10.1 Å². The van der Waals surface area contributed by atoms with Gasteiger partial charge in [-0.15, -0.1) is 0 Å². The largest absolute Gasteiger partial charge is 0.483 e. The molecular weight excluding hydrogens is 469 g/mol. The molecule has 0 radical (unpaired) electrons. The maximum atomic E-state index is 12.8. The summed E-state index contributed by atoms with van der Waals surface area (Å²) >= 11 is 0. The molecule has 0 fully saturated rings. The second-order valence-electron chi connectivity index (χ2n) is 7.75. The lowest BCUT2D eigenvalue weighted by Gasteiger charge is -2.13. The number of sulfonamides is 1. The maximum absolute atomic E-state index is 12.8. The van der Waals surface area contributed by atoms with E-state index in [2.05, 4.69) is 10.0 Å². The minimum atomic E-state index is -4.52. The van der Waals surface area contributed by atoms with Crippen LogP contribution in [-0.4, -0.2) is 20.9 Å². The highest BCUT2D eigenvalue weighted by Gasteiger charge is 2.30. The number of nitrogens with one attached hydrogen (secondary N) is 2. The highest BCUT2D eigenvalue weighted by atomic mass is 32.2. The number of amides is 1. The van der Waals surface area contributed by atoms with Gasteiger partial charge in [0.2, 0.25) is 0 Å². The zero-order valence-corrected chi connectivity index (χ0v) is 19.5. The van der Waals surface area contributed by atoms with Crippen LogP contribution in [-0.2, 0) is 21.0 Å². The Bertz CT molecular complexity index is 1320. The molecule has 1 amide bonds. The average Bonchev–Trinajstić information content (AvgIpc) is 2.75. The third-order valence-electron chi connectivity index (χ3n) is 5.05. The van der Waals surface area contributed by atoms with Crippen molar-refractivity contribution < 1.29 is 31.1 Å². The second kappa shape index (κ2) is 9.76. The third-order valence-corrected chi connectivity index (χ3v) is 6.43. The molecule has 0 bridgehead atoms. The van der Waals surface area contributed by atoms with E-state index in [1.807, 2.05) is 19.9 Å². The van der Waals surface area contributed by atoms with Crippen molar-refractivity contribution in [3.63, 3.8) is 0 Å². The topological polar surface area (TPSA) is 84.5 Å². The number of benzene rings is 3. The lowest BCUT2D eigenvalue weighted by atomic mass is 10.1. The predicted molar refractivity (Wildman–Crippen MR) is 123 cm³/mol. The molecule has 0 heterocycles. The van der Waals surface area contributed by atoms with Crippen LogP contribution in [0.25, 0.3) is 0 Å². The van der Waals surface area contributed by atoms with E-state index in [0.29, 0.717) is 11.3 Å². The first-order valence-corrected chi connectivity index (χ1v) is 11.6. The van der Waals surface area contributed by atoms with Crippen molar-refractivity contribution in [2.24, 2.45) is 0 Å². The van der Waals surface area contributed by atoms with Crippen LogP contribution >= 0.6 is 0 Å². The molecule has 2 N–H and O–H groups in total. The fourth-order valence-electron chi connectivity index (χ4n) is 3.08. The number of carbonyl (C=O) groups is 1. The third kappa shape index (κ3) is 6.28. The number of ether oxygens (including phenoxy) is 1. The molecular formula is C24H23F3N2O4S. The van der Waals surface area contributed by atoms with Crippen molar-refractivity contribution in [3.8, 4) is 5.75 Å². The van der Waals surface area contributed by atoms with Crippen LogP contribution in [0.4, 0.5) is 24.5 Å². The number of carbonyl (C=O) groups excluding carboxylic acids is 1. The number of rotatable bonds is 7. The molecule has 0 aliphatic heterocycles. The fourth-order valence-corrected chi connectivity index (χ4v) is 4.22. The van der Waals surface area contributed by atoms with E-state index in [-0.39, 0.29) is 16.3 Å². The van der Waals surface area contributed by atoms with Crippen LogP contribution in [0.15, 0.2) is 65.6 Å². The Kier molecular flexibility index (Phi) is 7.21. The summed E-state index contributed by atoms with van der Waals surface area (Å²) in [6.45, 7) is 4.96. The van der Waals surface area contributed by atoms with E-state index >= 15 is 0 Å². The molecule has 3 rings (SSSR count). The summed E-state index contributed by atoms with van der Waals surface area (Å²) in [6, 6.07) is 13.6. The second-order valence-corrected chi connectivity index (χ2v) is 9.43. The SMILES string of the molecule is Cc1ccc(NS(=O)(=O)c2ccc(OCC(=O)Nc3cccc(C(F)(F)F)c3)c(C)c2)cc1C. The summed E-state index contributed by atoms with van der Waals surface area (Å²) < 4.78 is 71.8. The molecule has 6 nitrogen and oxygen atoms in total. The highest BCUT2D eigenvalue weighted by molar-refractivity contribution is 7.92. The highest BCUT2D eigenvalue weighted by Crippen LogP contribution is 2.30. The molecule has 10 heteroatoms. The van der Waals surface area contributed by atoms with Gasteiger partial charge in [0.15, 0.2) is 6.61 Å². The minimum Gasteiger partial charge on any atom is -0.483 e. The predicted octanol–water partition coefficient (Wildman–Crippen LogP) is 5.45. The lowest BCUT2D eigenvalue weighted by molar-refractivity contribution is -0.137. The summed E-state index contributed by atoms with van der Waals surface area (Å²) in [6.07, 6.45) is -4.52. The molecule has 0 saturated heterocycles. The Hall–Kier alpha value is -3.53. The summed E-state index contributed by atoms with van der Waals surface area (Å²) in [4.78, 5) is 12.1. The van der Waals surface area contributed by atoms with Crippen LogP contribution in [0, 0.1) is 20.8 Å². The minimum absolute atomic E-state index is 0.0148. The van der Waals surface area contributed by atoms with Crippen LogP contribution in [0.5, 0.6) is 5.75 Å². The van der Waals surface area contributed by atoms with Gasteiger partial charge in [0.25, 0.3) is 15.9 Å². The van der Waals surface area contributed by atoms with Crippen LogP contribution in [0.2, 0.25) is 0 Å². The van der Waals surface area contributed by atoms with Crippen molar-refractivity contribution in [2.45, 2.75) is 31.8 Å². The first kappa shape index (κ1) is 25.1. The van der Waals surface area contributed by atoms with Gasteiger partial charge in [0, 0.05) is 11.4 Å². The van der Waals surface area contributed by atoms with Gasteiger partial charge in [-0.1, -0.05) is 12.1 Å². The zero-order chi connectivity index (χ0) is 25.1. The molecule has 0 spiro atoms. The number of hydrogen-bond acceptors (Lipinski definition) is 4. The Morgan fingerprint density at radius 2 is 1.62 bits per heavy atom. The van der Waals surface area contributed by atoms with E-state index in [9.17, 15) is 26.4 Å². The molecule has 0 saturated carbocycles. The lowest BCUT2D eigenvalue weighted by Crippen LogP contribution is -2.21. The molecule has 34 heavy (non-hydrogen) atoms. The summed E-state index contributed by atoms with van der Waals surface area (Å²) in [5, 5.41) is 2.35. The number of aryl methyl sites for hydroxylation is 3. The van der Waals surface area contributed by atoms with Gasteiger partial charge in [0.1, 0.15) is 5.75 Å². The van der Waals surface area contributed by atoms with Crippen LogP contribution < -0.4 is 14.8 Å². The number of hydrogen-bond donors (Lipinski definition) is 2. The maximum Gasteiger partial charge on any atom is 0.416 e.